The molecule has 0 saturated heterocycles. The number of rotatable bonds is 9. The van der Waals surface area contributed by atoms with Crippen molar-refractivity contribution in [2.75, 3.05) is 19.8 Å². The molecular weight excluding hydrogens is 344 g/mol. The Kier molecular flexibility index (Phi) is 7.38. The van der Waals surface area contributed by atoms with Gasteiger partial charge in [-0.05, 0) is 24.1 Å². The summed E-state index contributed by atoms with van der Waals surface area (Å²) in [5, 5.41) is 3.33. The Labute approximate surface area is 158 Å². The van der Waals surface area contributed by atoms with Crippen LogP contribution < -0.4 is 5.32 Å². The van der Waals surface area contributed by atoms with Gasteiger partial charge in [-0.2, -0.15) is 4.31 Å². The maximum atomic E-state index is 13.1. The zero-order valence-electron chi connectivity index (χ0n) is 16.1. The molecule has 0 amide bonds. The van der Waals surface area contributed by atoms with Crippen molar-refractivity contribution in [1.29, 1.82) is 0 Å². The molecule has 142 valence electrons. The van der Waals surface area contributed by atoms with E-state index < -0.39 is 10.0 Å². The van der Waals surface area contributed by atoms with Crippen LogP contribution in [0.25, 0.3) is 0 Å². The monoisotopic (exact) mass is 374 g/mol. The molecule has 0 saturated carbocycles. The lowest BCUT2D eigenvalue weighted by molar-refractivity contribution is 0.300. The van der Waals surface area contributed by atoms with Crippen molar-refractivity contribution in [1.82, 2.24) is 9.62 Å². The predicted octanol–water partition coefficient (Wildman–Crippen LogP) is 4.00. The van der Waals surface area contributed by atoms with Gasteiger partial charge >= 0.3 is 0 Å². The topological polar surface area (TPSA) is 49.4 Å². The fourth-order valence-corrected chi connectivity index (χ4v) is 4.98. The Hall–Kier alpha value is -1.69. The molecule has 0 heterocycles. The largest absolute Gasteiger partial charge is 0.311 e. The average molecular weight is 375 g/mol. The van der Waals surface area contributed by atoms with E-state index in [1.807, 2.05) is 81.6 Å². The molecule has 26 heavy (non-hydrogen) atoms. The van der Waals surface area contributed by atoms with Crippen molar-refractivity contribution in [3.05, 3.63) is 71.8 Å². The van der Waals surface area contributed by atoms with Crippen molar-refractivity contribution in [3.63, 3.8) is 0 Å². The van der Waals surface area contributed by atoms with Crippen molar-refractivity contribution in [3.8, 4) is 0 Å². The van der Waals surface area contributed by atoms with Gasteiger partial charge in [0.1, 0.15) is 0 Å². The van der Waals surface area contributed by atoms with Crippen molar-refractivity contribution >= 4 is 10.0 Å². The smallest absolute Gasteiger partial charge is 0.214 e. The number of sulfonamides is 1. The molecule has 0 aliphatic carbocycles. The summed E-state index contributed by atoms with van der Waals surface area (Å²) >= 11 is 0. The molecule has 5 heteroatoms. The zero-order chi connectivity index (χ0) is 19.2. The molecule has 0 radical (unpaired) electrons. The molecule has 0 spiro atoms. The highest BCUT2D eigenvalue weighted by atomic mass is 32.2. The van der Waals surface area contributed by atoms with Gasteiger partial charge in [0.25, 0.3) is 0 Å². The van der Waals surface area contributed by atoms with E-state index in [-0.39, 0.29) is 23.8 Å². The molecule has 4 nitrogen and oxygen atoms in total. The number of nitrogens with one attached hydrogen (secondary N) is 1. The van der Waals surface area contributed by atoms with Crippen LogP contribution in [0.3, 0.4) is 0 Å². The van der Waals surface area contributed by atoms with Gasteiger partial charge in [-0.25, -0.2) is 8.42 Å². The summed E-state index contributed by atoms with van der Waals surface area (Å²) in [7, 11) is 0.186. The standard InChI is InChI=1S/C21H30N2O2S/c1-5-17(2)16-26(24,25)23(4)21(19-14-10-7-11-15-19)20(22-3)18-12-8-6-9-13-18/h6-15,17,20-22H,5,16H2,1-4H3. The van der Waals surface area contributed by atoms with Gasteiger partial charge in [0.15, 0.2) is 0 Å². The van der Waals surface area contributed by atoms with Crippen LogP contribution in [0.15, 0.2) is 60.7 Å². The third-order valence-corrected chi connectivity index (χ3v) is 7.04. The Balaban J connectivity index is 2.48. The van der Waals surface area contributed by atoms with Crippen LogP contribution in [0.1, 0.15) is 43.5 Å². The highest BCUT2D eigenvalue weighted by Gasteiger charge is 2.34. The van der Waals surface area contributed by atoms with E-state index in [1.165, 1.54) is 0 Å². The van der Waals surface area contributed by atoms with Gasteiger partial charge in [0.2, 0.25) is 10.0 Å². The summed E-state index contributed by atoms with van der Waals surface area (Å²) in [6, 6.07) is 19.4. The maximum Gasteiger partial charge on any atom is 0.214 e. The van der Waals surface area contributed by atoms with Crippen molar-refractivity contribution in [2.24, 2.45) is 5.92 Å². The Morgan fingerprint density at radius 3 is 1.92 bits per heavy atom. The lowest BCUT2D eigenvalue weighted by Gasteiger charge is -2.35. The SMILES string of the molecule is CCC(C)CS(=O)(=O)N(C)C(c1ccccc1)C(NC)c1ccccc1. The third kappa shape index (κ3) is 4.93. The maximum absolute atomic E-state index is 13.1. The summed E-state index contributed by atoms with van der Waals surface area (Å²) in [4.78, 5) is 0. The van der Waals surface area contributed by atoms with Gasteiger partial charge in [-0.15, -0.1) is 0 Å². The molecular formula is C21H30N2O2S. The normalized spacial score (nSPS) is 15.6. The second-order valence-corrected chi connectivity index (χ2v) is 8.91. The lowest BCUT2D eigenvalue weighted by atomic mass is 9.93. The minimum Gasteiger partial charge on any atom is -0.311 e. The minimum atomic E-state index is -3.39. The number of hydrogen-bond acceptors (Lipinski definition) is 3. The first-order valence-corrected chi connectivity index (χ1v) is 10.7. The van der Waals surface area contributed by atoms with Gasteiger partial charge in [-0.1, -0.05) is 80.9 Å². The lowest BCUT2D eigenvalue weighted by Crippen LogP contribution is -2.40. The third-order valence-electron chi connectivity index (χ3n) is 4.95. The summed E-state index contributed by atoms with van der Waals surface area (Å²) in [6.07, 6.45) is 0.844. The van der Waals surface area contributed by atoms with Crippen LogP contribution in [-0.4, -0.2) is 32.6 Å². The first-order chi connectivity index (χ1) is 12.4. The van der Waals surface area contributed by atoms with Crippen LogP contribution in [0, 0.1) is 5.92 Å². The fraction of sp³-hybridized carbons (Fsp3) is 0.429. The van der Waals surface area contributed by atoms with Crippen LogP contribution in [-0.2, 0) is 10.0 Å². The van der Waals surface area contributed by atoms with Crippen LogP contribution in [0.5, 0.6) is 0 Å². The van der Waals surface area contributed by atoms with Crippen LogP contribution in [0.2, 0.25) is 0 Å². The molecule has 3 unspecified atom stereocenters. The highest BCUT2D eigenvalue weighted by Crippen LogP contribution is 2.35. The van der Waals surface area contributed by atoms with Crippen LogP contribution in [0.4, 0.5) is 0 Å². The average Bonchev–Trinajstić information content (AvgIpc) is 2.66. The van der Waals surface area contributed by atoms with E-state index in [0.29, 0.717) is 0 Å². The molecule has 2 rings (SSSR count). The number of benzene rings is 2. The molecule has 0 aromatic heterocycles. The second kappa shape index (κ2) is 9.31. The fourth-order valence-electron chi connectivity index (χ4n) is 3.20. The van der Waals surface area contributed by atoms with Crippen molar-refractivity contribution < 1.29 is 8.42 Å². The number of hydrogen-bond donors (Lipinski definition) is 1. The van der Waals surface area contributed by atoms with Gasteiger partial charge < -0.3 is 5.32 Å². The molecule has 0 fully saturated rings. The highest BCUT2D eigenvalue weighted by molar-refractivity contribution is 7.89. The van der Waals surface area contributed by atoms with E-state index in [4.69, 9.17) is 0 Å². The zero-order valence-corrected chi connectivity index (χ0v) is 16.9. The summed E-state index contributed by atoms with van der Waals surface area (Å²) in [5.41, 5.74) is 2.04. The number of nitrogens with zero attached hydrogens (tertiary/aromatic N) is 1. The molecule has 2 aromatic rings. The van der Waals surface area contributed by atoms with E-state index >= 15 is 0 Å². The Bertz CT molecular complexity index is 763. The molecule has 0 aliphatic rings. The summed E-state index contributed by atoms with van der Waals surface area (Å²) in [5.74, 6) is 0.290. The minimum absolute atomic E-state index is 0.128. The van der Waals surface area contributed by atoms with Crippen molar-refractivity contribution in [2.45, 2.75) is 32.4 Å². The second-order valence-electron chi connectivity index (χ2n) is 6.84. The first kappa shape index (κ1) is 20.6. The molecule has 1 N–H and O–H groups in total. The van der Waals surface area contributed by atoms with Gasteiger partial charge in [-0.3, -0.25) is 0 Å². The van der Waals surface area contributed by atoms with Crippen LogP contribution >= 0.6 is 0 Å². The van der Waals surface area contributed by atoms with E-state index in [2.05, 4.69) is 5.32 Å². The first-order valence-electron chi connectivity index (χ1n) is 9.13. The van der Waals surface area contributed by atoms with E-state index in [1.54, 1.807) is 11.4 Å². The summed E-state index contributed by atoms with van der Waals surface area (Å²) < 4.78 is 27.7. The Morgan fingerprint density at radius 2 is 1.46 bits per heavy atom. The quantitative estimate of drug-likeness (QED) is 0.722. The molecule has 0 aliphatic heterocycles. The molecule has 2 aromatic carbocycles. The van der Waals surface area contributed by atoms with E-state index in [9.17, 15) is 8.42 Å². The summed E-state index contributed by atoms with van der Waals surface area (Å²) in [6.45, 7) is 4.00. The molecule has 0 bridgehead atoms. The van der Waals surface area contributed by atoms with Gasteiger partial charge in [0.05, 0.1) is 17.8 Å². The molecule has 3 atom stereocenters. The Morgan fingerprint density at radius 1 is 0.962 bits per heavy atom. The number of likely N-dealkylation sites (N-methyl/N-ethyl adjacent to an activating group) is 2. The predicted molar refractivity (Wildman–Crippen MR) is 108 cm³/mol. The van der Waals surface area contributed by atoms with E-state index in [0.717, 1.165) is 17.5 Å². The van der Waals surface area contributed by atoms with Gasteiger partial charge in [0, 0.05) is 7.05 Å².